The summed E-state index contributed by atoms with van der Waals surface area (Å²) in [6.07, 6.45) is 3.76. The molecule has 0 radical (unpaired) electrons. The minimum Gasteiger partial charge on any atom is -0.332 e. The Morgan fingerprint density at radius 1 is 1.39 bits per heavy atom. The third-order valence-electron chi connectivity index (χ3n) is 4.04. The number of nitrogens with zero attached hydrogens (tertiary/aromatic N) is 4. The lowest BCUT2D eigenvalue weighted by Crippen LogP contribution is -2.44. The van der Waals surface area contributed by atoms with Crippen molar-refractivity contribution in [2.75, 3.05) is 18.5 Å². The van der Waals surface area contributed by atoms with Gasteiger partial charge in [0.25, 0.3) is 0 Å². The first-order chi connectivity index (χ1) is 11.1. The number of benzene rings is 1. The van der Waals surface area contributed by atoms with Crippen LogP contribution in [0, 0.1) is 5.82 Å². The zero-order valence-electron chi connectivity index (χ0n) is 12.7. The second-order valence-electron chi connectivity index (χ2n) is 5.45. The summed E-state index contributed by atoms with van der Waals surface area (Å²) < 4.78 is 15.4. The van der Waals surface area contributed by atoms with Crippen LogP contribution in [0.15, 0.2) is 42.7 Å². The number of aromatic nitrogens is 2. The van der Waals surface area contributed by atoms with Gasteiger partial charge in [0.1, 0.15) is 18.4 Å². The molecule has 0 N–H and O–H groups in total. The molecule has 1 fully saturated rings. The minimum absolute atomic E-state index is 0.0764. The average Bonchev–Trinajstić information content (AvgIpc) is 3.17. The normalized spacial score (nSPS) is 17.6. The zero-order valence-corrected chi connectivity index (χ0v) is 12.7. The van der Waals surface area contributed by atoms with Gasteiger partial charge >= 0.3 is 0 Å². The maximum atomic E-state index is 13.9. The molecule has 2 aromatic rings. The first-order valence-corrected chi connectivity index (χ1v) is 7.37. The van der Waals surface area contributed by atoms with E-state index in [1.807, 2.05) is 0 Å². The third kappa shape index (κ3) is 2.94. The Balaban J connectivity index is 1.71. The van der Waals surface area contributed by atoms with Crippen molar-refractivity contribution in [2.45, 2.75) is 19.0 Å². The molecule has 1 aromatic carbocycles. The Bertz CT molecular complexity index is 717. The van der Waals surface area contributed by atoms with Crippen LogP contribution in [0.4, 0.5) is 10.1 Å². The summed E-state index contributed by atoms with van der Waals surface area (Å²) in [5, 5.41) is 3.98. The molecule has 1 atom stereocenters. The van der Waals surface area contributed by atoms with Gasteiger partial charge in [-0.1, -0.05) is 12.1 Å². The summed E-state index contributed by atoms with van der Waals surface area (Å²) in [7, 11) is 1.60. The molecule has 6 nitrogen and oxygen atoms in total. The summed E-state index contributed by atoms with van der Waals surface area (Å²) in [5.74, 6) is -0.902. The van der Waals surface area contributed by atoms with Crippen LogP contribution in [0.3, 0.4) is 0 Å². The number of halogens is 1. The Labute approximate surface area is 133 Å². The van der Waals surface area contributed by atoms with Crippen molar-refractivity contribution in [3.05, 3.63) is 48.5 Å². The fraction of sp³-hybridized carbons (Fsp3) is 0.312. The van der Waals surface area contributed by atoms with Crippen LogP contribution in [0.5, 0.6) is 0 Å². The number of para-hydroxylation sites is 1. The van der Waals surface area contributed by atoms with Gasteiger partial charge in [-0.2, -0.15) is 5.10 Å². The minimum atomic E-state index is -0.572. The van der Waals surface area contributed by atoms with Gasteiger partial charge in [0.15, 0.2) is 0 Å². The van der Waals surface area contributed by atoms with Gasteiger partial charge in [-0.25, -0.2) is 4.39 Å². The first-order valence-electron chi connectivity index (χ1n) is 7.37. The van der Waals surface area contributed by atoms with E-state index in [1.54, 1.807) is 43.7 Å². The fourth-order valence-corrected chi connectivity index (χ4v) is 2.75. The Hall–Kier alpha value is -2.70. The van der Waals surface area contributed by atoms with Crippen molar-refractivity contribution < 1.29 is 14.0 Å². The Morgan fingerprint density at radius 3 is 2.87 bits per heavy atom. The second-order valence-corrected chi connectivity index (χ2v) is 5.45. The second kappa shape index (κ2) is 6.20. The Kier molecular flexibility index (Phi) is 4.10. The van der Waals surface area contributed by atoms with Gasteiger partial charge in [-0.3, -0.25) is 14.3 Å². The maximum absolute atomic E-state index is 13.9. The number of rotatable bonds is 4. The number of carbonyl (C=O) groups excluding carboxylic acids is 2. The molecule has 120 valence electrons. The number of hydrogen-bond acceptors (Lipinski definition) is 3. The summed E-state index contributed by atoms with van der Waals surface area (Å²) in [4.78, 5) is 27.6. The highest BCUT2D eigenvalue weighted by atomic mass is 19.1. The van der Waals surface area contributed by atoms with Crippen LogP contribution in [0.1, 0.15) is 6.42 Å². The number of likely N-dealkylation sites (N-methyl/N-ethyl adjacent to an activating group) is 1. The van der Waals surface area contributed by atoms with E-state index < -0.39 is 11.9 Å². The number of carbonyl (C=O) groups is 2. The first kappa shape index (κ1) is 15.2. The van der Waals surface area contributed by atoms with Crippen LogP contribution < -0.4 is 4.90 Å². The summed E-state index contributed by atoms with van der Waals surface area (Å²) in [6.45, 7) is 0.469. The molecule has 2 amide bonds. The Morgan fingerprint density at radius 2 is 2.17 bits per heavy atom. The zero-order chi connectivity index (χ0) is 16.4. The van der Waals surface area contributed by atoms with Gasteiger partial charge in [0.05, 0.1) is 5.69 Å². The van der Waals surface area contributed by atoms with Gasteiger partial charge in [0.2, 0.25) is 11.8 Å². The average molecular weight is 316 g/mol. The molecule has 0 spiro atoms. The van der Waals surface area contributed by atoms with Gasteiger partial charge in [-0.05, 0) is 24.6 Å². The monoisotopic (exact) mass is 316 g/mol. The van der Waals surface area contributed by atoms with Crippen LogP contribution >= 0.6 is 0 Å². The van der Waals surface area contributed by atoms with Crippen LogP contribution in [-0.4, -0.2) is 46.1 Å². The summed E-state index contributed by atoms with van der Waals surface area (Å²) in [6, 6.07) is 7.32. The molecule has 2 heterocycles. The van der Waals surface area contributed by atoms with Crippen molar-refractivity contribution in [3.63, 3.8) is 0 Å². The van der Waals surface area contributed by atoms with Crippen LogP contribution in [-0.2, 0) is 16.1 Å². The van der Waals surface area contributed by atoms with Gasteiger partial charge in [-0.15, -0.1) is 0 Å². The largest absolute Gasteiger partial charge is 0.332 e. The quantitative estimate of drug-likeness (QED) is 0.854. The number of hydrogen-bond donors (Lipinski definition) is 0. The standard InChI is InChI=1S/C16H17FN4O2/c1-19(15(22)11-20-9-4-8-18-20)14-7-10-21(16(14)23)13-6-3-2-5-12(13)17/h2-6,8-9,14H,7,10-11H2,1H3. The lowest BCUT2D eigenvalue weighted by Gasteiger charge is -2.24. The van der Waals surface area contributed by atoms with E-state index in [-0.39, 0.29) is 24.0 Å². The molecule has 0 bridgehead atoms. The summed E-state index contributed by atoms with van der Waals surface area (Å²) >= 11 is 0. The predicted octanol–water partition coefficient (Wildman–Crippen LogP) is 1.29. The molecule has 1 aliphatic rings. The molecule has 7 heteroatoms. The SMILES string of the molecule is CN(C(=O)Cn1cccn1)C1CCN(c2ccccc2F)C1=O. The molecular formula is C16H17FN4O2. The topological polar surface area (TPSA) is 58.4 Å². The van der Waals surface area contributed by atoms with E-state index in [9.17, 15) is 14.0 Å². The van der Waals surface area contributed by atoms with Gasteiger partial charge < -0.3 is 9.80 Å². The maximum Gasteiger partial charge on any atom is 0.249 e. The molecule has 0 saturated carbocycles. The molecule has 1 aromatic heterocycles. The lowest BCUT2D eigenvalue weighted by atomic mass is 10.2. The molecule has 1 saturated heterocycles. The molecule has 23 heavy (non-hydrogen) atoms. The van der Waals surface area contributed by atoms with Crippen molar-refractivity contribution >= 4 is 17.5 Å². The molecule has 0 aliphatic carbocycles. The van der Waals surface area contributed by atoms with E-state index in [1.165, 1.54) is 20.5 Å². The number of anilines is 1. The molecular weight excluding hydrogens is 299 g/mol. The summed E-state index contributed by atoms with van der Waals surface area (Å²) in [5.41, 5.74) is 0.257. The van der Waals surface area contributed by atoms with Gasteiger partial charge in [0, 0.05) is 26.0 Å². The van der Waals surface area contributed by atoms with E-state index in [2.05, 4.69) is 5.10 Å². The van der Waals surface area contributed by atoms with Crippen molar-refractivity contribution in [3.8, 4) is 0 Å². The number of amides is 2. The van der Waals surface area contributed by atoms with Crippen molar-refractivity contribution in [1.82, 2.24) is 14.7 Å². The van der Waals surface area contributed by atoms with E-state index in [0.29, 0.717) is 13.0 Å². The van der Waals surface area contributed by atoms with E-state index in [0.717, 1.165) is 0 Å². The smallest absolute Gasteiger partial charge is 0.249 e. The highest BCUT2D eigenvalue weighted by molar-refractivity contribution is 6.01. The lowest BCUT2D eigenvalue weighted by molar-refractivity contribution is -0.137. The fourth-order valence-electron chi connectivity index (χ4n) is 2.75. The highest BCUT2D eigenvalue weighted by Gasteiger charge is 2.37. The highest BCUT2D eigenvalue weighted by Crippen LogP contribution is 2.26. The van der Waals surface area contributed by atoms with Crippen LogP contribution in [0.2, 0.25) is 0 Å². The van der Waals surface area contributed by atoms with Crippen molar-refractivity contribution in [2.24, 2.45) is 0 Å². The van der Waals surface area contributed by atoms with E-state index >= 15 is 0 Å². The predicted molar refractivity (Wildman–Crippen MR) is 82.2 cm³/mol. The third-order valence-corrected chi connectivity index (χ3v) is 4.04. The molecule has 1 unspecified atom stereocenters. The molecule has 3 rings (SSSR count). The van der Waals surface area contributed by atoms with Crippen molar-refractivity contribution in [1.29, 1.82) is 0 Å². The van der Waals surface area contributed by atoms with Crippen LogP contribution in [0.25, 0.3) is 0 Å². The molecule has 1 aliphatic heterocycles. The van der Waals surface area contributed by atoms with E-state index in [4.69, 9.17) is 0 Å².